The third-order valence-corrected chi connectivity index (χ3v) is 4.64. The largest absolute Gasteiger partial charge is 0.350 e. The Balaban J connectivity index is 1.68. The number of imidazole rings is 1. The van der Waals surface area contributed by atoms with Crippen molar-refractivity contribution in [3.05, 3.63) is 65.6 Å². The Labute approximate surface area is 158 Å². The van der Waals surface area contributed by atoms with E-state index in [4.69, 9.17) is 0 Å². The van der Waals surface area contributed by atoms with E-state index < -0.39 is 0 Å². The Kier molecular flexibility index (Phi) is 4.35. The van der Waals surface area contributed by atoms with Gasteiger partial charge in [-0.3, -0.25) is 0 Å². The van der Waals surface area contributed by atoms with Crippen molar-refractivity contribution in [1.82, 2.24) is 29.1 Å². The number of benzene rings is 1. The van der Waals surface area contributed by atoms with Gasteiger partial charge in [-0.15, -0.1) is 0 Å². The predicted octanol–water partition coefficient (Wildman–Crippen LogP) is 3.66. The highest BCUT2D eigenvalue weighted by molar-refractivity contribution is 5.52. The molecule has 0 amide bonds. The molecule has 27 heavy (non-hydrogen) atoms. The summed E-state index contributed by atoms with van der Waals surface area (Å²) in [6.45, 7) is 8.82. The first-order valence-electron chi connectivity index (χ1n) is 9.09. The Hall–Kier alpha value is -3.22. The quantitative estimate of drug-likeness (QED) is 0.587. The molecular formula is C20H23N7. The first-order valence-corrected chi connectivity index (χ1v) is 9.09. The van der Waals surface area contributed by atoms with Crippen LogP contribution in [0.1, 0.15) is 42.5 Å². The molecule has 0 aliphatic carbocycles. The smallest absolute Gasteiger partial charge is 0.227 e. The molecule has 7 nitrogen and oxygen atoms in total. The minimum Gasteiger partial charge on any atom is -0.350 e. The minimum atomic E-state index is 0.356. The Bertz CT molecular complexity index is 1090. The minimum absolute atomic E-state index is 0.356. The van der Waals surface area contributed by atoms with Gasteiger partial charge in [-0.25, -0.2) is 9.97 Å². The fraction of sp³-hybridized carbons (Fsp3) is 0.300. The number of hydrogen-bond donors (Lipinski definition) is 1. The molecule has 1 N–H and O–H groups in total. The molecular weight excluding hydrogens is 338 g/mol. The SMILES string of the molecule is Cc1nc(NCc2ccccc2-n2ccnc2C)n2ncc(C(C)C)c2n1. The molecule has 4 aromatic rings. The predicted molar refractivity (Wildman–Crippen MR) is 105 cm³/mol. The van der Waals surface area contributed by atoms with Crippen molar-refractivity contribution < 1.29 is 0 Å². The molecule has 0 aliphatic rings. The van der Waals surface area contributed by atoms with Gasteiger partial charge in [0.25, 0.3) is 0 Å². The molecule has 0 bridgehead atoms. The van der Waals surface area contributed by atoms with E-state index in [9.17, 15) is 0 Å². The lowest BCUT2D eigenvalue weighted by Crippen LogP contribution is -2.11. The molecule has 0 unspecified atom stereocenters. The van der Waals surface area contributed by atoms with Crippen LogP contribution in [0, 0.1) is 13.8 Å². The van der Waals surface area contributed by atoms with Crippen LogP contribution in [0.5, 0.6) is 0 Å². The van der Waals surface area contributed by atoms with E-state index in [1.165, 1.54) is 0 Å². The third-order valence-electron chi connectivity index (χ3n) is 4.64. The molecule has 0 saturated heterocycles. The van der Waals surface area contributed by atoms with Crippen LogP contribution in [0.15, 0.2) is 42.9 Å². The topological polar surface area (TPSA) is 72.9 Å². The number of para-hydroxylation sites is 1. The third kappa shape index (κ3) is 3.16. The van der Waals surface area contributed by atoms with Gasteiger partial charge in [-0.05, 0) is 31.4 Å². The lowest BCUT2D eigenvalue weighted by atomic mass is 10.1. The van der Waals surface area contributed by atoms with E-state index in [2.05, 4.69) is 55.9 Å². The van der Waals surface area contributed by atoms with Gasteiger partial charge in [0.2, 0.25) is 5.95 Å². The maximum atomic E-state index is 4.58. The van der Waals surface area contributed by atoms with E-state index in [-0.39, 0.29) is 0 Å². The molecule has 7 heteroatoms. The summed E-state index contributed by atoms with van der Waals surface area (Å²) in [5.74, 6) is 2.73. The lowest BCUT2D eigenvalue weighted by molar-refractivity contribution is 0.849. The summed E-state index contributed by atoms with van der Waals surface area (Å²) in [6.07, 6.45) is 5.67. The fourth-order valence-electron chi connectivity index (χ4n) is 3.22. The summed E-state index contributed by atoms with van der Waals surface area (Å²) in [7, 11) is 0. The van der Waals surface area contributed by atoms with E-state index in [0.29, 0.717) is 18.4 Å². The normalized spacial score (nSPS) is 11.4. The zero-order valence-corrected chi connectivity index (χ0v) is 16.0. The van der Waals surface area contributed by atoms with Crippen LogP contribution in [0.3, 0.4) is 0 Å². The summed E-state index contributed by atoms with van der Waals surface area (Å²) in [4.78, 5) is 13.5. The van der Waals surface area contributed by atoms with Crippen LogP contribution in [0.25, 0.3) is 11.3 Å². The van der Waals surface area contributed by atoms with Crippen LogP contribution in [-0.2, 0) is 6.54 Å². The highest BCUT2D eigenvalue weighted by atomic mass is 15.3. The first-order chi connectivity index (χ1) is 13.0. The second-order valence-corrected chi connectivity index (χ2v) is 6.91. The molecule has 0 saturated carbocycles. The number of aryl methyl sites for hydroxylation is 2. The number of aromatic nitrogens is 6. The molecule has 0 radical (unpaired) electrons. The standard InChI is InChI=1S/C20H23N7/c1-13(2)17-12-23-27-19(17)24-14(3)25-20(27)22-11-16-7-5-6-8-18(16)26-10-9-21-15(26)4/h5-10,12-13H,11H2,1-4H3,(H,22,24,25). The van der Waals surface area contributed by atoms with Gasteiger partial charge in [-0.1, -0.05) is 32.0 Å². The van der Waals surface area contributed by atoms with E-state index in [1.807, 2.05) is 44.6 Å². The van der Waals surface area contributed by atoms with Crippen molar-refractivity contribution in [3.63, 3.8) is 0 Å². The molecule has 4 rings (SSSR count). The van der Waals surface area contributed by atoms with Gasteiger partial charge >= 0.3 is 0 Å². The highest BCUT2D eigenvalue weighted by Crippen LogP contribution is 2.22. The first kappa shape index (κ1) is 17.2. The number of nitrogens with one attached hydrogen (secondary N) is 1. The zero-order valence-electron chi connectivity index (χ0n) is 16.0. The van der Waals surface area contributed by atoms with E-state index in [0.717, 1.165) is 34.1 Å². The van der Waals surface area contributed by atoms with Crippen molar-refractivity contribution in [2.75, 3.05) is 5.32 Å². The van der Waals surface area contributed by atoms with Crippen molar-refractivity contribution >= 4 is 11.6 Å². The number of anilines is 1. The monoisotopic (exact) mass is 361 g/mol. The molecule has 3 aromatic heterocycles. The van der Waals surface area contributed by atoms with Crippen LogP contribution in [0.4, 0.5) is 5.95 Å². The van der Waals surface area contributed by atoms with E-state index >= 15 is 0 Å². The van der Waals surface area contributed by atoms with Crippen LogP contribution >= 0.6 is 0 Å². The molecule has 1 aromatic carbocycles. The average molecular weight is 361 g/mol. The van der Waals surface area contributed by atoms with Gasteiger partial charge in [0.05, 0.1) is 11.9 Å². The molecule has 0 atom stereocenters. The second kappa shape index (κ2) is 6.83. The van der Waals surface area contributed by atoms with Crippen LogP contribution < -0.4 is 5.32 Å². The molecule has 0 spiro atoms. The summed E-state index contributed by atoms with van der Waals surface area (Å²) in [6, 6.07) is 8.28. The second-order valence-electron chi connectivity index (χ2n) is 6.91. The average Bonchev–Trinajstić information content (AvgIpc) is 3.26. The van der Waals surface area contributed by atoms with Gasteiger partial charge < -0.3 is 9.88 Å². The highest BCUT2D eigenvalue weighted by Gasteiger charge is 2.14. The molecule has 0 aliphatic heterocycles. The number of hydrogen-bond acceptors (Lipinski definition) is 5. The lowest BCUT2D eigenvalue weighted by Gasteiger charge is -2.14. The van der Waals surface area contributed by atoms with Crippen molar-refractivity contribution in [2.24, 2.45) is 0 Å². The molecule has 0 fully saturated rings. The number of fused-ring (bicyclic) bond motifs is 1. The Morgan fingerprint density at radius 3 is 2.67 bits per heavy atom. The van der Waals surface area contributed by atoms with Gasteiger partial charge in [-0.2, -0.15) is 14.6 Å². The summed E-state index contributed by atoms with van der Waals surface area (Å²) < 4.78 is 3.87. The van der Waals surface area contributed by atoms with Crippen molar-refractivity contribution in [2.45, 2.75) is 40.2 Å². The zero-order chi connectivity index (χ0) is 19.0. The maximum absolute atomic E-state index is 4.58. The Morgan fingerprint density at radius 2 is 1.93 bits per heavy atom. The van der Waals surface area contributed by atoms with Crippen molar-refractivity contribution in [3.8, 4) is 5.69 Å². The van der Waals surface area contributed by atoms with Crippen LogP contribution in [0.2, 0.25) is 0 Å². The van der Waals surface area contributed by atoms with Gasteiger partial charge in [0.1, 0.15) is 11.6 Å². The van der Waals surface area contributed by atoms with E-state index in [1.54, 1.807) is 4.52 Å². The van der Waals surface area contributed by atoms with Gasteiger partial charge in [0, 0.05) is 24.5 Å². The summed E-state index contributed by atoms with van der Waals surface area (Å²) in [5, 5.41) is 7.93. The van der Waals surface area contributed by atoms with Gasteiger partial charge in [0.15, 0.2) is 5.65 Å². The van der Waals surface area contributed by atoms with Crippen LogP contribution in [-0.4, -0.2) is 29.1 Å². The maximum Gasteiger partial charge on any atom is 0.227 e. The van der Waals surface area contributed by atoms with Crippen molar-refractivity contribution in [1.29, 1.82) is 0 Å². The molecule has 3 heterocycles. The number of nitrogens with zero attached hydrogens (tertiary/aromatic N) is 6. The fourth-order valence-corrected chi connectivity index (χ4v) is 3.22. The summed E-state index contributed by atoms with van der Waals surface area (Å²) >= 11 is 0. The Morgan fingerprint density at radius 1 is 1.11 bits per heavy atom. The summed E-state index contributed by atoms with van der Waals surface area (Å²) in [5.41, 5.74) is 4.24. The number of rotatable bonds is 5. The molecule has 138 valence electrons.